The second-order valence-corrected chi connectivity index (χ2v) is 55.4. The zero-order valence-electron chi connectivity index (χ0n) is 92.4. The molecule has 0 amide bonds. The molecule has 0 aromatic heterocycles. The van der Waals surface area contributed by atoms with Crippen molar-refractivity contribution in [3.05, 3.63) is 148 Å². The Morgan fingerprint density at radius 1 is 0.373 bits per heavy atom. The van der Waals surface area contributed by atoms with Crippen molar-refractivity contribution in [1.82, 2.24) is 0 Å². The van der Waals surface area contributed by atoms with E-state index in [2.05, 4.69) is 170 Å². The van der Waals surface area contributed by atoms with Crippen LogP contribution in [0.15, 0.2) is 70.9 Å². The molecular weight excluding hydrogens is 1770 g/mol. The second kappa shape index (κ2) is 34.0. The standard InChI is InChI=1S/C33H46O5.C31H43NO5.C31H44O4.C30H44O2/c1-19-27-21(16-26(36)38-8)15-24-31(5,22(27)17-23(35)28(19)37)12-14-33(7)25-18-30(4,20(2)34)10-9-29(25,3)11-13-32(24,33)6;1-18-25-20(17-32(36)37)14-23-29(5,21(25)15-22(34)26(18)35)11-13-31(7)24-16-28(4,19(2)33)9-8-27(24,3)10-12-30(23,31)6;1-8-35-26(34)28(4)12-11-27(3)13-15-30(6)23-10-9-20-19(2)25(33)22(32)17-21(20)29(23,5)14-16-31(30,7)24(27)18-28;1-8-26(3)11-12-27(4)13-15-29(6)23-10-9-20-19(2)25(32)22(31)17-21(20)28(23,5)14-16-30(29,7)24(27)18-26/h15,17,21,25,35,37H,9-14,16,18H2,1-8H3;14-15,20,24,34-35H,8-13,16-17H2,1-7H3;10,17,24,32-33H,8-9,11-16,18H2,1-7H3;10,17,24,31-32H,8-9,11-16,18H2,1-7H3/t21-,25+,29+,30+,31-,32+,33-;20-,24+,27+,28+,29-,30+,31-;24-,27-,28-,29+,30-,31+;24-,26-,27-,28+,29-,30+/m0011/s1. The number of hydrogen-bond acceptors (Lipinski definition) is 16. The van der Waals surface area contributed by atoms with Crippen LogP contribution < -0.4 is 0 Å². The molecule has 0 radical (unpaired) electrons. The summed E-state index contributed by atoms with van der Waals surface area (Å²) in [5, 5.41) is 96.2. The molecule has 142 heavy (non-hydrogen) atoms. The maximum absolute atomic E-state index is 13.1. The lowest BCUT2D eigenvalue weighted by atomic mass is 9.34. The lowest BCUT2D eigenvalue weighted by Gasteiger charge is -2.70. The molecule has 12 saturated carbocycles. The third-order valence-electron chi connectivity index (χ3n) is 48.9. The van der Waals surface area contributed by atoms with Gasteiger partial charge in [0.2, 0.25) is 6.54 Å². The van der Waals surface area contributed by atoms with Crippen LogP contribution in [0, 0.1) is 148 Å². The SMILES string of the molecule is CC(=O)[C@]1(C)CC[C@]2(C)CC[C@]3(C)C4=C[C@@H](C[N+](=O)[O-])c5c(cc(O)c(O)c5C)[C@]4(C)CC[C@@]3(C)[C@@H]2C1.CCOC(=O)[C@]1(C)CC[C@]2(C)CC[C@]3(C)C4=CCc5c(cc(O)c(O)c5C)[C@]4(C)CC[C@@]3(C)[C@@H]2C1.CC[C@]1(C)CC[C@]2(C)CC[C@]3(C)C4=CCc5c(cc(O)c(O)c5C)[C@]4(C)CC[C@@]3(C)[C@@H]2C1.COC(=O)C[C@@H]1C=C2[C@@](C)(CC[C@@]3(C)[C@@H]4C[C@](C)(C(C)=O)CC[C@]4(C)CC[C@]23C)c2cc(O)c(O)c(C)c21. The van der Waals surface area contributed by atoms with Crippen molar-refractivity contribution in [2.24, 2.45) is 110 Å². The number of rotatable bonds is 9. The maximum atomic E-state index is 13.1. The van der Waals surface area contributed by atoms with Crippen molar-refractivity contribution in [1.29, 1.82) is 0 Å². The van der Waals surface area contributed by atoms with Crippen molar-refractivity contribution in [3.63, 3.8) is 0 Å². The molecule has 778 valence electrons. The number of fused-ring (bicyclic) bond motifs is 28. The number of nitro groups is 1. The molecular formula is C125H177NO16. The summed E-state index contributed by atoms with van der Waals surface area (Å²) in [5.41, 5.74) is 17.2. The fraction of sp³-hybridized carbons (Fsp3) is 0.712. The highest BCUT2D eigenvalue weighted by Gasteiger charge is 2.73. The van der Waals surface area contributed by atoms with Gasteiger partial charge in [0.05, 0.1) is 31.5 Å². The zero-order valence-corrected chi connectivity index (χ0v) is 92.4. The number of allylic oxidation sites excluding steroid dienone is 7. The van der Waals surface area contributed by atoms with Crippen LogP contribution in [0.2, 0.25) is 0 Å². The molecule has 4 aromatic carbocycles. The van der Waals surface area contributed by atoms with Gasteiger partial charge in [0.25, 0.3) is 0 Å². The summed E-state index contributed by atoms with van der Waals surface area (Å²) < 4.78 is 10.7. The number of hydrogen-bond donors (Lipinski definition) is 8. The van der Waals surface area contributed by atoms with Crippen molar-refractivity contribution >= 4 is 23.5 Å². The van der Waals surface area contributed by atoms with E-state index in [-0.39, 0.29) is 174 Å². The molecule has 16 aliphatic rings. The van der Waals surface area contributed by atoms with Gasteiger partial charge in [-0.25, -0.2) is 0 Å². The number of ether oxygens (including phenoxy) is 2. The number of methoxy groups -OCH3 is 1. The number of ketones is 2. The molecule has 17 heteroatoms. The average Bonchev–Trinajstić information content (AvgIpc) is 0.675. The van der Waals surface area contributed by atoms with Crippen LogP contribution in [0.4, 0.5) is 0 Å². The predicted octanol–water partition coefficient (Wildman–Crippen LogP) is 29.3. The first-order valence-corrected chi connectivity index (χ1v) is 55.2. The molecule has 0 heterocycles. The number of nitrogens with zero attached hydrogens (tertiary/aromatic N) is 1. The molecule has 0 bridgehead atoms. The summed E-state index contributed by atoms with van der Waals surface area (Å²) in [5.74, 6) is 1.24. The van der Waals surface area contributed by atoms with Crippen LogP contribution in [0.1, 0.15) is 437 Å². The van der Waals surface area contributed by atoms with Gasteiger partial charge >= 0.3 is 11.9 Å². The number of phenolic OH excluding ortho intramolecular Hbond substituents is 8. The molecule has 0 saturated heterocycles. The first kappa shape index (κ1) is 105. The van der Waals surface area contributed by atoms with Crippen molar-refractivity contribution in [2.75, 3.05) is 20.3 Å². The van der Waals surface area contributed by atoms with E-state index in [1.807, 2.05) is 39.8 Å². The fourth-order valence-corrected chi connectivity index (χ4v) is 37.3. The number of phenols is 8. The Morgan fingerprint density at radius 3 is 1.01 bits per heavy atom. The Hall–Kier alpha value is -8.08. The number of Topliss-reactive ketones (excluding diaryl/α,β-unsaturated/α-hetero) is 2. The first-order valence-electron chi connectivity index (χ1n) is 55.2. The van der Waals surface area contributed by atoms with E-state index in [1.165, 1.54) is 97.4 Å². The second-order valence-electron chi connectivity index (χ2n) is 55.4. The van der Waals surface area contributed by atoms with Crippen molar-refractivity contribution < 1.29 is 74.4 Å². The van der Waals surface area contributed by atoms with Crippen LogP contribution in [0.25, 0.3) is 0 Å². The van der Waals surface area contributed by atoms with Crippen molar-refractivity contribution in [3.8, 4) is 46.0 Å². The minimum atomic E-state index is -0.457. The van der Waals surface area contributed by atoms with Crippen LogP contribution in [0.5, 0.6) is 46.0 Å². The van der Waals surface area contributed by atoms with Gasteiger partial charge in [-0.05, 0) is 433 Å². The van der Waals surface area contributed by atoms with Gasteiger partial charge in [0, 0.05) is 43.3 Å². The normalized spacial score (nSPS) is 42.8. The highest BCUT2D eigenvalue weighted by molar-refractivity contribution is 5.83. The number of carbonyl (C=O) groups is 4. The van der Waals surface area contributed by atoms with E-state index in [9.17, 15) is 70.1 Å². The van der Waals surface area contributed by atoms with Gasteiger partial charge < -0.3 is 50.3 Å². The zero-order chi connectivity index (χ0) is 104. The molecule has 8 N–H and O–H groups in total. The minimum Gasteiger partial charge on any atom is -0.504 e. The summed E-state index contributed by atoms with van der Waals surface area (Å²) >= 11 is 0. The topological polar surface area (TPSA) is 292 Å². The Balaban J connectivity index is 0.000000130. The maximum Gasteiger partial charge on any atom is 0.311 e. The van der Waals surface area contributed by atoms with Crippen molar-refractivity contribution in [2.45, 2.75) is 433 Å². The highest BCUT2D eigenvalue weighted by atomic mass is 16.6. The van der Waals surface area contributed by atoms with E-state index in [0.717, 1.165) is 187 Å². The molecule has 0 aliphatic heterocycles. The molecule has 26 atom stereocenters. The van der Waals surface area contributed by atoms with Gasteiger partial charge in [0.1, 0.15) is 11.6 Å². The third kappa shape index (κ3) is 14.7. The van der Waals surface area contributed by atoms with Crippen LogP contribution in [0.3, 0.4) is 0 Å². The van der Waals surface area contributed by atoms with Gasteiger partial charge in [-0.3, -0.25) is 29.3 Å². The third-order valence-corrected chi connectivity index (χ3v) is 48.9. The Morgan fingerprint density at radius 2 is 0.669 bits per heavy atom. The predicted molar refractivity (Wildman–Crippen MR) is 562 cm³/mol. The van der Waals surface area contributed by atoms with E-state index in [4.69, 9.17) is 9.47 Å². The number of benzene rings is 4. The van der Waals surface area contributed by atoms with Gasteiger partial charge in [-0.2, -0.15) is 0 Å². The average molecular weight is 1950 g/mol. The summed E-state index contributed by atoms with van der Waals surface area (Å²) in [7, 11) is 1.42. The lowest BCUT2D eigenvalue weighted by Crippen LogP contribution is -2.62. The smallest absolute Gasteiger partial charge is 0.311 e. The van der Waals surface area contributed by atoms with Gasteiger partial charge in [-0.15, -0.1) is 0 Å². The van der Waals surface area contributed by atoms with Crippen LogP contribution in [-0.2, 0) is 63.2 Å². The first-order chi connectivity index (χ1) is 65.7. The molecule has 0 spiro atoms. The van der Waals surface area contributed by atoms with E-state index >= 15 is 0 Å². The molecule has 0 unspecified atom stereocenters. The molecule has 4 aromatic rings. The van der Waals surface area contributed by atoms with Crippen LogP contribution >= 0.6 is 0 Å². The largest absolute Gasteiger partial charge is 0.504 e. The van der Waals surface area contributed by atoms with E-state index in [1.54, 1.807) is 38.5 Å². The Kier molecular flexibility index (Phi) is 25.2. The summed E-state index contributed by atoms with van der Waals surface area (Å²) in [6.07, 6.45) is 43.2. The number of carbonyl (C=O) groups excluding carboxylic acids is 4. The molecule has 12 fully saturated rings. The number of esters is 2. The molecule has 17 nitrogen and oxygen atoms in total. The fourth-order valence-electron chi connectivity index (χ4n) is 37.3. The summed E-state index contributed by atoms with van der Waals surface area (Å²) in [4.78, 5) is 62.8. The van der Waals surface area contributed by atoms with Gasteiger partial charge in [-0.1, -0.05) is 191 Å². The number of aromatic hydroxyl groups is 8. The van der Waals surface area contributed by atoms with Gasteiger partial charge in [0.15, 0.2) is 46.0 Å². The summed E-state index contributed by atoms with van der Waals surface area (Å²) in [6, 6.07) is 7.14. The lowest BCUT2D eigenvalue weighted by molar-refractivity contribution is -0.481. The Labute approximate surface area is 850 Å². The molecule has 16 aliphatic carbocycles. The van der Waals surface area contributed by atoms with E-state index < -0.39 is 11.3 Å². The van der Waals surface area contributed by atoms with Crippen LogP contribution in [-0.4, -0.2) is 89.5 Å². The monoisotopic (exact) mass is 1950 g/mol. The molecule has 20 rings (SSSR count). The van der Waals surface area contributed by atoms with E-state index in [0.29, 0.717) is 57.5 Å². The Bertz CT molecular complexity index is 6050. The summed E-state index contributed by atoms with van der Waals surface area (Å²) in [6.45, 7) is 63.8. The quantitative estimate of drug-likeness (QED) is 0.0254. The highest BCUT2D eigenvalue weighted by Crippen LogP contribution is 2.82. The minimum absolute atomic E-state index is 0.00377.